The average molecular weight is 257 g/mol. The summed E-state index contributed by atoms with van der Waals surface area (Å²) in [7, 11) is 2.11. The Bertz CT molecular complexity index is 401. The lowest BCUT2D eigenvalue weighted by molar-refractivity contribution is 0.232. The van der Waals surface area contributed by atoms with E-state index in [0.717, 1.165) is 25.5 Å². The van der Waals surface area contributed by atoms with Gasteiger partial charge in [-0.25, -0.2) is 9.97 Å². The Balaban J connectivity index is 2.25. The number of likely N-dealkylation sites (N-methyl/N-ethyl adjacent to an activating group) is 1. The van der Waals surface area contributed by atoms with Crippen molar-refractivity contribution in [3.8, 4) is 0 Å². The topological polar surface area (TPSA) is 52.5 Å². The first-order valence-electron chi connectivity index (χ1n) is 5.69. The van der Waals surface area contributed by atoms with E-state index in [1.54, 1.807) is 0 Å². The van der Waals surface area contributed by atoms with E-state index in [4.69, 9.17) is 11.6 Å². The number of nitrogens with zero attached hydrogens (tertiary/aromatic N) is 4. The lowest BCUT2D eigenvalue weighted by Gasteiger charge is -2.38. The van der Waals surface area contributed by atoms with Crippen LogP contribution in [-0.4, -0.2) is 52.7 Å². The molecule has 0 bridgehead atoms. The summed E-state index contributed by atoms with van der Waals surface area (Å²) in [5.74, 6) is 0.757. The number of halogens is 1. The van der Waals surface area contributed by atoms with E-state index in [0.29, 0.717) is 16.8 Å². The predicted octanol–water partition coefficient (Wildman–Crippen LogP) is 0.763. The van der Waals surface area contributed by atoms with Gasteiger partial charge in [0, 0.05) is 25.7 Å². The van der Waals surface area contributed by atoms with Crippen LogP contribution >= 0.6 is 11.6 Å². The Kier molecular flexibility index (Phi) is 3.81. The average Bonchev–Trinajstić information content (AvgIpc) is 2.32. The SMILES string of the molecule is CC1CN(c2ncnc(Cl)c2CO)CCN1C. The minimum Gasteiger partial charge on any atom is -0.391 e. The highest BCUT2D eigenvalue weighted by molar-refractivity contribution is 6.30. The highest BCUT2D eigenvalue weighted by Crippen LogP contribution is 2.25. The Hall–Kier alpha value is -0.910. The quantitative estimate of drug-likeness (QED) is 0.792. The highest BCUT2D eigenvalue weighted by atomic mass is 35.5. The van der Waals surface area contributed by atoms with E-state index in [9.17, 15) is 5.11 Å². The van der Waals surface area contributed by atoms with E-state index < -0.39 is 0 Å². The van der Waals surface area contributed by atoms with Gasteiger partial charge in [0.05, 0.1) is 12.2 Å². The number of aromatic nitrogens is 2. The zero-order chi connectivity index (χ0) is 12.4. The monoisotopic (exact) mass is 256 g/mol. The molecule has 1 unspecified atom stereocenters. The molecule has 17 heavy (non-hydrogen) atoms. The first-order chi connectivity index (χ1) is 8.13. The summed E-state index contributed by atoms with van der Waals surface area (Å²) in [6.45, 7) is 4.80. The molecule has 0 saturated carbocycles. The second-order valence-corrected chi connectivity index (χ2v) is 4.76. The maximum Gasteiger partial charge on any atom is 0.140 e. The van der Waals surface area contributed by atoms with Gasteiger partial charge in [-0.15, -0.1) is 0 Å². The third kappa shape index (κ3) is 2.51. The molecule has 1 aliphatic rings. The van der Waals surface area contributed by atoms with Crippen LogP contribution in [0.3, 0.4) is 0 Å². The van der Waals surface area contributed by atoms with Gasteiger partial charge in [0.2, 0.25) is 0 Å². The van der Waals surface area contributed by atoms with Crippen LogP contribution in [0.2, 0.25) is 5.15 Å². The van der Waals surface area contributed by atoms with E-state index in [1.165, 1.54) is 6.33 Å². The second-order valence-electron chi connectivity index (χ2n) is 4.40. The van der Waals surface area contributed by atoms with Crippen LogP contribution in [0.5, 0.6) is 0 Å². The largest absolute Gasteiger partial charge is 0.391 e. The number of hydrogen-bond acceptors (Lipinski definition) is 5. The zero-order valence-electron chi connectivity index (χ0n) is 10.1. The number of hydrogen-bond donors (Lipinski definition) is 1. The summed E-state index contributed by atoms with van der Waals surface area (Å²) in [6.07, 6.45) is 1.44. The van der Waals surface area contributed by atoms with Gasteiger partial charge in [-0.2, -0.15) is 0 Å². The molecule has 1 aromatic rings. The van der Waals surface area contributed by atoms with Crippen molar-refractivity contribution in [2.75, 3.05) is 31.6 Å². The Morgan fingerprint density at radius 2 is 2.24 bits per heavy atom. The molecular formula is C11H17ClN4O. The molecule has 1 fully saturated rings. The smallest absolute Gasteiger partial charge is 0.140 e. The van der Waals surface area contributed by atoms with Crippen LogP contribution in [0.1, 0.15) is 12.5 Å². The number of rotatable bonds is 2. The summed E-state index contributed by atoms with van der Waals surface area (Å²) in [5.41, 5.74) is 0.617. The first-order valence-corrected chi connectivity index (χ1v) is 6.06. The molecule has 1 aromatic heterocycles. The van der Waals surface area contributed by atoms with Gasteiger partial charge in [-0.1, -0.05) is 11.6 Å². The normalized spacial score (nSPS) is 21.9. The number of aliphatic hydroxyl groups excluding tert-OH is 1. The number of anilines is 1. The van der Waals surface area contributed by atoms with Gasteiger partial charge in [-0.05, 0) is 14.0 Å². The van der Waals surface area contributed by atoms with Crippen molar-refractivity contribution in [2.45, 2.75) is 19.6 Å². The molecule has 2 heterocycles. The summed E-state index contributed by atoms with van der Waals surface area (Å²) >= 11 is 5.97. The molecule has 94 valence electrons. The fourth-order valence-corrected chi connectivity index (χ4v) is 2.22. The molecule has 0 radical (unpaired) electrons. The van der Waals surface area contributed by atoms with Gasteiger partial charge in [-0.3, -0.25) is 0 Å². The Morgan fingerprint density at radius 1 is 1.47 bits per heavy atom. The van der Waals surface area contributed by atoms with Crippen molar-refractivity contribution in [3.63, 3.8) is 0 Å². The summed E-state index contributed by atoms with van der Waals surface area (Å²) in [6, 6.07) is 0.462. The molecule has 6 heteroatoms. The fraction of sp³-hybridized carbons (Fsp3) is 0.636. The minimum atomic E-state index is -0.129. The summed E-state index contributed by atoms with van der Waals surface area (Å²) in [5, 5.41) is 9.68. The zero-order valence-corrected chi connectivity index (χ0v) is 10.9. The van der Waals surface area contributed by atoms with Crippen LogP contribution in [0.15, 0.2) is 6.33 Å². The van der Waals surface area contributed by atoms with Crippen molar-refractivity contribution in [3.05, 3.63) is 17.0 Å². The molecule has 5 nitrogen and oxygen atoms in total. The van der Waals surface area contributed by atoms with Gasteiger partial charge in [0.15, 0.2) is 0 Å². The fourth-order valence-electron chi connectivity index (χ4n) is 2.03. The Labute approximate surface area is 106 Å². The standard InChI is InChI=1S/C11H17ClN4O/c1-8-5-16(4-3-15(8)2)11-9(6-17)10(12)13-7-14-11/h7-8,17H,3-6H2,1-2H3. The van der Waals surface area contributed by atoms with Crippen molar-refractivity contribution in [1.29, 1.82) is 0 Å². The molecule has 0 aromatic carbocycles. The van der Waals surface area contributed by atoms with E-state index in [-0.39, 0.29) is 6.61 Å². The maximum absolute atomic E-state index is 9.35. The van der Waals surface area contributed by atoms with E-state index in [2.05, 4.69) is 33.7 Å². The molecular weight excluding hydrogens is 240 g/mol. The van der Waals surface area contributed by atoms with Crippen LogP contribution in [0.25, 0.3) is 0 Å². The third-order valence-electron chi connectivity index (χ3n) is 3.29. The van der Waals surface area contributed by atoms with Gasteiger partial charge >= 0.3 is 0 Å². The van der Waals surface area contributed by atoms with Crippen molar-refractivity contribution in [1.82, 2.24) is 14.9 Å². The van der Waals surface area contributed by atoms with E-state index >= 15 is 0 Å². The first kappa shape index (κ1) is 12.5. The molecule has 0 aliphatic carbocycles. The summed E-state index contributed by atoms with van der Waals surface area (Å²) in [4.78, 5) is 12.6. The van der Waals surface area contributed by atoms with Crippen molar-refractivity contribution >= 4 is 17.4 Å². The van der Waals surface area contributed by atoms with E-state index in [1.807, 2.05) is 0 Å². The molecule has 0 spiro atoms. The predicted molar refractivity (Wildman–Crippen MR) is 67.3 cm³/mol. The van der Waals surface area contributed by atoms with Crippen molar-refractivity contribution in [2.24, 2.45) is 0 Å². The molecule has 1 saturated heterocycles. The second kappa shape index (κ2) is 5.16. The maximum atomic E-state index is 9.35. The van der Waals surface area contributed by atoms with Crippen LogP contribution in [0.4, 0.5) is 5.82 Å². The summed E-state index contributed by atoms with van der Waals surface area (Å²) < 4.78 is 0. The number of piperazine rings is 1. The third-order valence-corrected chi connectivity index (χ3v) is 3.61. The van der Waals surface area contributed by atoms with Crippen LogP contribution in [0, 0.1) is 0 Å². The lowest BCUT2D eigenvalue weighted by Crippen LogP contribution is -2.50. The molecule has 1 aliphatic heterocycles. The van der Waals surface area contributed by atoms with Gasteiger partial charge in [0.1, 0.15) is 17.3 Å². The number of aliphatic hydroxyl groups is 1. The molecule has 1 N–H and O–H groups in total. The van der Waals surface area contributed by atoms with Gasteiger partial charge < -0.3 is 14.9 Å². The Morgan fingerprint density at radius 3 is 2.88 bits per heavy atom. The minimum absolute atomic E-state index is 0.129. The molecule has 2 rings (SSSR count). The molecule has 1 atom stereocenters. The van der Waals surface area contributed by atoms with Crippen LogP contribution in [-0.2, 0) is 6.61 Å². The van der Waals surface area contributed by atoms with Crippen LogP contribution < -0.4 is 4.90 Å². The molecule has 0 amide bonds. The van der Waals surface area contributed by atoms with Crippen molar-refractivity contribution < 1.29 is 5.11 Å². The van der Waals surface area contributed by atoms with Gasteiger partial charge in [0.25, 0.3) is 0 Å². The highest BCUT2D eigenvalue weighted by Gasteiger charge is 2.24. The lowest BCUT2D eigenvalue weighted by atomic mass is 10.2.